The van der Waals surface area contributed by atoms with Crippen LogP contribution in [0.4, 0.5) is 0 Å². The Morgan fingerprint density at radius 2 is 1.88 bits per heavy atom. The van der Waals surface area contributed by atoms with E-state index in [4.69, 9.17) is 0 Å². The van der Waals surface area contributed by atoms with Gasteiger partial charge in [-0.3, -0.25) is 0 Å². The van der Waals surface area contributed by atoms with E-state index >= 15 is 0 Å². The Balaban J connectivity index is 1.97. The zero-order chi connectivity index (χ0) is 17.6. The average molecular weight is 345 g/mol. The van der Waals surface area contributed by atoms with Crippen LogP contribution in [0.1, 0.15) is 48.7 Å². The third-order valence-electron chi connectivity index (χ3n) is 3.66. The van der Waals surface area contributed by atoms with Crippen LogP contribution in [0.2, 0.25) is 0 Å². The molecule has 1 heterocycles. The summed E-state index contributed by atoms with van der Waals surface area (Å²) in [6, 6.07) is 8.72. The van der Waals surface area contributed by atoms with Gasteiger partial charge in [0.05, 0.1) is 13.1 Å². The van der Waals surface area contributed by atoms with Crippen molar-refractivity contribution in [1.82, 2.24) is 15.6 Å². The summed E-state index contributed by atoms with van der Waals surface area (Å²) < 4.78 is 0. The van der Waals surface area contributed by atoms with E-state index in [1.54, 1.807) is 11.3 Å². The molecular formula is C19H28N4S. The van der Waals surface area contributed by atoms with Crippen molar-refractivity contribution in [3.63, 3.8) is 0 Å². The molecule has 0 bridgehead atoms. The molecule has 0 unspecified atom stereocenters. The standard InChI is InChI=1S/C19H28N4S/c1-6-20-18(23-13-17-21-11-14(2)24-17)22-12-15-7-9-16(10-8-15)19(3,4)5/h7-11H,6,12-13H2,1-5H3,(H2,20,22,23). The van der Waals surface area contributed by atoms with Gasteiger partial charge in [0.2, 0.25) is 0 Å². The zero-order valence-corrected chi connectivity index (χ0v) is 16.1. The van der Waals surface area contributed by atoms with E-state index in [-0.39, 0.29) is 5.41 Å². The monoisotopic (exact) mass is 344 g/mol. The molecule has 0 aliphatic heterocycles. The summed E-state index contributed by atoms with van der Waals surface area (Å²) >= 11 is 1.71. The number of hydrogen-bond donors (Lipinski definition) is 2. The minimum absolute atomic E-state index is 0.185. The van der Waals surface area contributed by atoms with Gasteiger partial charge in [0, 0.05) is 17.6 Å². The Hall–Kier alpha value is -1.88. The summed E-state index contributed by atoms with van der Waals surface area (Å²) in [6.07, 6.45) is 1.91. The minimum atomic E-state index is 0.185. The number of rotatable bonds is 5. The van der Waals surface area contributed by atoms with Gasteiger partial charge < -0.3 is 10.6 Å². The van der Waals surface area contributed by atoms with Crippen molar-refractivity contribution in [1.29, 1.82) is 0 Å². The van der Waals surface area contributed by atoms with Gasteiger partial charge >= 0.3 is 0 Å². The second kappa shape index (κ2) is 8.29. The molecule has 0 amide bonds. The number of benzene rings is 1. The van der Waals surface area contributed by atoms with E-state index < -0.39 is 0 Å². The lowest BCUT2D eigenvalue weighted by Crippen LogP contribution is -2.36. The molecule has 2 aromatic rings. The number of nitrogens with zero attached hydrogens (tertiary/aromatic N) is 2. The lowest BCUT2D eigenvalue weighted by molar-refractivity contribution is 0.590. The highest BCUT2D eigenvalue weighted by Gasteiger charge is 2.12. The van der Waals surface area contributed by atoms with Gasteiger partial charge in [-0.25, -0.2) is 9.98 Å². The summed E-state index contributed by atoms with van der Waals surface area (Å²) in [5.74, 6) is 0.824. The Morgan fingerprint density at radius 3 is 2.42 bits per heavy atom. The topological polar surface area (TPSA) is 49.3 Å². The van der Waals surface area contributed by atoms with Crippen LogP contribution in [0, 0.1) is 6.92 Å². The summed E-state index contributed by atoms with van der Waals surface area (Å²) in [4.78, 5) is 10.3. The minimum Gasteiger partial charge on any atom is -0.357 e. The molecule has 5 heteroatoms. The van der Waals surface area contributed by atoms with Crippen molar-refractivity contribution in [2.45, 2.75) is 53.1 Å². The predicted octanol–water partition coefficient (Wildman–Crippen LogP) is 4.00. The Morgan fingerprint density at radius 1 is 1.17 bits per heavy atom. The van der Waals surface area contributed by atoms with Gasteiger partial charge in [0.15, 0.2) is 5.96 Å². The van der Waals surface area contributed by atoms with Gasteiger partial charge in [-0.2, -0.15) is 0 Å². The summed E-state index contributed by atoms with van der Waals surface area (Å²) in [7, 11) is 0. The molecule has 0 saturated heterocycles. The van der Waals surface area contributed by atoms with E-state index in [1.807, 2.05) is 6.20 Å². The number of guanidine groups is 1. The number of aromatic nitrogens is 1. The number of aliphatic imine (C=N–C) groups is 1. The molecule has 4 nitrogen and oxygen atoms in total. The summed E-state index contributed by atoms with van der Waals surface area (Å²) in [5, 5.41) is 7.70. The van der Waals surface area contributed by atoms with Gasteiger partial charge in [-0.1, -0.05) is 45.0 Å². The second-order valence-corrected chi connectivity index (χ2v) is 8.18. The number of thiazole rings is 1. The normalized spacial score (nSPS) is 12.3. The third kappa shape index (κ3) is 5.64. The van der Waals surface area contributed by atoms with E-state index in [2.05, 4.69) is 79.5 Å². The Bertz CT molecular complexity index is 665. The molecule has 130 valence electrons. The molecule has 0 spiro atoms. The molecule has 0 aliphatic carbocycles. The van der Waals surface area contributed by atoms with Gasteiger partial charge in [0.25, 0.3) is 0 Å². The van der Waals surface area contributed by atoms with Crippen LogP contribution < -0.4 is 10.6 Å². The van der Waals surface area contributed by atoms with Crippen LogP contribution in [0.25, 0.3) is 0 Å². The molecule has 0 radical (unpaired) electrons. The first-order valence-electron chi connectivity index (χ1n) is 8.41. The average Bonchev–Trinajstić information content (AvgIpc) is 2.95. The first kappa shape index (κ1) is 18.5. The molecule has 2 N–H and O–H groups in total. The van der Waals surface area contributed by atoms with Crippen LogP contribution in [0.5, 0.6) is 0 Å². The maximum absolute atomic E-state index is 4.67. The second-order valence-electron chi connectivity index (χ2n) is 6.86. The lowest BCUT2D eigenvalue weighted by atomic mass is 9.87. The maximum Gasteiger partial charge on any atom is 0.191 e. The smallest absolute Gasteiger partial charge is 0.191 e. The molecule has 0 aliphatic rings. The van der Waals surface area contributed by atoms with Crippen molar-refractivity contribution in [2.75, 3.05) is 6.54 Å². The van der Waals surface area contributed by atoms with Crippen molar-refractivity contribution in [2.24, 2.45) is 4.99 Å². The quantitative estimate of drug-likeness (QED) is 0.636. The fourth-order valence-corrected chi connectivity index (χ4v) is 2.99. The highest BCUT2D eigenvalue weighted by Crippen LogP contribution is 2.22. The SMILES string of the molecule is CCNC(=NCc1ccc(C(C)(C)C)cc1)NCc1ncc(C)s1. The molecule has 1 aromatic carbocycles. The van der Waals surface area contributed by atoms with E-state index in [0.29, 0.717) is 13.1 Å². The Labute approximate surface area is 149 Å². The van der Waals surface area contributed by atoms with E-state index in [0.717, 1.165) is 17.5 Å². The molecule has 1 aromatic heterocycles. The van der Waals surface area contributed by atoms with Gasteiger partial charge in [-0.15, -0.1) is 11.3 Å². The van der Waals surface area contributed by atoms with Crippen LogP contribution in [0.3, 0.4) is 0 Å². The molecule has 2 rings (SSSR count). The van der Waals surface area contributed by atoms with Crippen LogP contribution in [-0.4, -0.2) is 17.5 Å². The van der Waals surface area contributed by atoms with Crippen molar-refractivity contribution in [3.8, 4) is 0 Å². The van der Waals surface area contributed by atoms with Crippen LogP contribution >= 0.6 is 11.3 Å². The van der Waals surface area contributed by atoms with Crippen molar-refractivity contribution in [3.05, 3.63) is 51.5 Å². The number of aryl methyl sites for hydroxylation is 1. The molecule has 0 atom stereocenters. The summed E-state index contributed by atoms with van der Waals surface area (Å²) in [6.45, 7) is 13.0. The fourth-order valence-electron chi connectivity index (χ4n) is 2.26. The summed E-state index contributed by atoms with van der Waals surface area (Å²) in [5.41, 5.74) is 2.74. The third-order valence-corrected chi connectivity index (χ3v) is 4.57. The highest BCUT2D eigenvalue weighted by molar-refractivity contribution is 7.11. The zero-order valence-electron chi connectivity index (χ0n) is 15.3. The molecule has 0 saturated carbocycles. The Kier molecular flexibility index (Phi) is 6.37. The van der Waals surface area contributed by atoms with E-state index in [1.165, 1.54) is 16.0 Å². The lowest BCUT2D eigenvalue weighted by Gasteiger charge is -2.19. The largest absolute Gasteiger partial charge is 0.357 e. The predicted molar refractivity (Wildman–Crippen MR) is 104 cm³/mol. The molecule has 24 heavy (non-hydrogen) atoms. The molecule has 0 fully saturated rings. The first-order valence-corrected chi connectivity index (χ1v) is 9.23. The highest BCUT2D eigenvalue weighted by atomic mass is 32.1. The van der Waals surface area contributed by atoms with Crippen molar-refractivity contribution >= 4 is 17.3 Å². The maximum atomic E-state index is 4.67. The number of hydrogen-bond acceptors (Lipinski definition) is 3. The first-order chi connectivity index (χ1) is 11.4. The van der Waals surface area contributed by atoms with Crippen LogP contribution in [-0.2, 0) is 18.5 Å². The van der Waals surface area contributed by atoms with Gasteiger partial charge in [-0.05, 0) is 30.4 Å². The van der Waals surface area contributed by atoms with Gasteiger partial charge in [0.1, 0.15) is 5.01 Å². The number of nitrogens with one attached hydrogen (secondary N) is 2. The molecular weight excluding hydrogens is 316 g/mol. The van der Waals surface area contributed by atoms with Crippen molar-refractivity contribution < 1.29 is 0 Å². The fraction of sp³-hybridized carbons (Fsp3) is 0.474. The van der Waals surface area contributed by atoms with E-state index in [9.17, 15) is 0 Å². The van der Waals surface area contributed by atoms with Crippen LogP contribution in [0.15, 0.2) is 35.5 Å².